The monoisotopic (exact) mass is 876 g/mol. The van der Waals surface area contributed by atoms with Crippen LogP contribution in [0.3, 0.4) is 0 Å². The van der Waals surface area contributed by atoms with Crippen molar-refractivity contribution in [2.24, 2.45) is 0 Å². The van der Waals surface area contributed by atoms with E-state index in [1.807, 2.05) is 0 Å². The molecule has 37 heavy (non-hydrogen) atoms. The van der Waals surface area contributed by atoms with Crippen molar-refractivity contribution in [1.29, 1.82) is 0 Å². The van der Waals surface area contributed by atoms with Crippen LogP contribution in [0, 0.1) is 0 Å². The van der Waals surface area contributed by atoms with Crippen LogP contribution in [0.2, 0.25) is 0 Å². The molecule has 0 fully saturated rings. The van der Waals surface area contributed by atoms with E-state index < -0.39 is 76.7 Å². The molecule has 13 heteroatoms. The van der Waals surface area contributed by atoms with Crippen molar-refractivity contribution in [2.45, 2.75) is 0 Å². The standard InChI is InChI=1S/4C6H6O2Se.Sn/c4*7-9(8)6-4-2-1-3-5-6;/h4*1-5H,(H,7,8);/q;;;;+4/p-4. The molecule has 0 aliphatic rings. The van der Waals surface area contributed by atoms with E-state index in [-0.39, 0.29) is 0 Å². The second kappa shape index (κ2) is 14.3. The Hall–Kier alpha value is -1.20. The van der Waals surface area contributed by atoms with E-state index in [1.165, 1.54) is 0 Å². The van der Waals surface area contributed by atoms with E-state index in [0.29, 0.717) is 17.8 Å². The molecule has 0 amide bonds. The predicted molar refractivity (Wildman–Crippen MR) is 140 cm³/mol. The minimum absolute atomic E-state index is 0.353. The van der Waals surface area contributed by atoms with E-state index in [2.05, 4.69) is 0 Å². The van der Waals surface area contributed by atoms with Crippen molar-refractivity contribution in [3.63, 3.8) is 0 Å². The van der Waals surface area contributed by atoms with Crippen molar-refractivity contribution in [1.82, 2.24) is 0 Å². The van der Waals surface area contributed by atoms with Crippen LogP contribution in [0.25, 0.3) is 0 Å². The van der Waals surface area contributed by atoms with E-state index in [1.54, 1.807) is 121 Å². The Morgan fingerprint density at radius 1 is 0.351 bits per heavy atom. The molecule has 0 saturated carbocycles. The summed E-state index contributed by atoms with van der Waals surface area (Å²) in [6.45, 7) is 0. The molecule has 0 radical (unpaired) electrons. The van der Waals surface area contributed by atoms with Crippen molar-refractivity contribution in [3.05, 3.63) is 121 Å². The SMILES string of the molecule is O=[Se]([O][Sn]([O][Se](=O)c1ccccc1)([O][Se](=O)c1ccccc1)[O][Se](=O)c1ccccc1)c1ccccc1. The summed E-state index contributed by atoms with van der Waals surface area (Å²) in [7, 11) is 0. The number of benzene rings is 4. The van der Waals surface area contributed by atoms with Crippen LogP contribution in [0.4, 0.5) is 0 Å². The van der Waals surface area contributed by atoms with Gasteiger partial charge in [-0.1, -0.05) is 0 Å². The quantitative estimate of drug-likeness (QED) is 0.193. The van der Waals surface area contributed by atoms with Gasteiger partial charge < -0.3 is 0 Å². The molecule has 0 aliphatic carbocycles. The van der Waals surface area contributed by atoms with Crippen LogP contribution in [-0.4, -0.2) is 76.7 Å². The van der Waals surface area contributed by atoms with Crippen molar-refractivity contribution >= 4 is 94.5 Å². The van der Waals surface area contributed by atoms with Gasteiger partial charge in [0, 0.05) is 0 Å². The molecule has 0 aromatic heterocycles. The maximum atomic E-state index is 13.3. The van der Waals surface area contributed by atoms with Crippen molar-refractivity contribution < 1.29 is 24.0 Å². The van der Waals surface area contributed by atoms with Gasteiger partial charge in [0.25, 0.3) is 0 Å². The Labute approximate surface area is 237 Å². The van der Waals surface area contributed by atoms with Crippen molar-refractivity contribution in [3.8, 4) is 0 Å². The molecule has 0 N–H and O–H groups in total. The molecular weight excluding hydrogens is 851 g/mol. The Morgan fingerprint density at radius 3 is 0.730 bits per heavy atom. The summed E-state index contributed by atoms with van der Waals surface area (Å²) in [4.78, 5) is 0. The molecule has 4 rings (SSSR count). The van der Waals surface area contributed by atoms with E-state index in [9.17, 15) is 15.3 Å². The Kier molecular flexibility index (Phi) is 11.1. The van der Waals surface area contributed by atoms with Crippen LogP contribution in [0.1, 0.15) is 0 Å². The van der Waals surface area contributed by atoms with Gasteiger partial charge in [0.15, 0.2) is 0 Å². The first-order chi connectivity index (χ1) is 18.0. The van der Waals surface area contributed by atoms with Gasteiger partial charge in [0.1, 0.15) is 0 Å². The molecule has 4 atom stereocenters. The molecule has 0 saturated heterocycles. The van der Waals surface area contributed by atoms with Crippen LogP contribution >= 0.6 is 0 Å². The minimum atomic E-state index is -5.82. The molecule has 0 spiro atoms. The summed E-state index contributed by atoms with van der Waals surface area (Å²) in [6.07, 6.45) is 0. The summed E-state index contributed by atoms with van der Waals surface area (Å²) in [5.41, 5.74) is 0. The van der Waals surface area contributed by atoms with Crippen LogP contribution in [0.15, 0.2) is 121 Å². The summed E-state index contributed by atoms with van der Waals surface area (Å²) in [5.74, 6) is 0. The Morgan fingerprint density at radius 2 is 0.541 bits per heavy atom. The van der Waals surface area contributed by atoms with Crippen molar-refractivity contribution in [2.75, 3.05) is 0 Å². The fourth-order valence-corrected chi connectivity index (χ4v) is 40.0. The summed E-state index contributed by atoms with van der Waals surface area (Å²) in [6, 6.07) is 33.3. The zero-order chi connectivity index (χ0) is 26.1. The fraction of sp³-hybridized carbons (Fsp3) is 0. The first-order valence-corrected chi connectivity index (χ1v) is 24.3. The normalized spacial score (nSPS) is 16.2. The number of hydrogen-bond acceptors (Lipinski definition) is 8. The molecule has 4 unspecified atom stereocenters. The van der Waals surface area contributed by atoms with Gasteiger partial charge in [-0.25, -0.2) is 0 Å². The van der Waals surface area contributed by atoms with Crippen LogP contribution in [-0.2, 0) is 24.0 Å². The molecule has 192 valence electrons. The van der Waals surface area contributed by atoms with Gasteiger partial charge >= 0.3 is 240 Å². The zero-order valence-electron chi connectivity index (χ0n) is 18.9. The average molecular weight is 871 g/mol. The molecule has 8 nitrogen and oxygen atoms in total. The second-order valence-electron chi connectivity index (χ2n) is 7.02. The van der Waals surface area contributed by atoms with Gasteiger partial charge in [0.05, 0.1) is 0 Å². The Bertz CT molecular complexity index is 1170. The molecule has 4 aromatic carbocycles. The third-order valence-corrected chi connectivity index (χ3v) is 34.0. The fourth-order valence-electron chi connectivity index (χ4n) is 2.77. The number of hydrogen-bond donors (Lipinski definition) is 0. The number of rotatable bonds is 12. The van der Waals surface area contributed by atoms with Crippen LogP contribution < -0.4 is 17.8 Å². The molecule has 0 aliphatic heterocycles. The molecule has 0 heterocycles. The summed E-state index contributed by atoms with van der Waals surface area (Å²) < 4.78 is 78.4. The average Bonchev–Trinajstić information content (AvgIpc) is 2.94. The van der Waals surface area contributed by atoms with Gasteiger partial charge in [-0.2, -0.15) is 0 Å². The molecule has 0 bridgehead atoms. The van der Waals surface area contributed by atoms with Crippen LogP contribution in [0.5, 0.6) is 0 Å². The molecular formula is C24H20O8Se4Sn. The third-order valence-electron chi connectivity index (χ3n) is 4.45. The van der Waals surface area contributed by atoms with E-state index in [4.69, 9.17) is 8.63 Å². The van der Waals surface area contributed by atoms with Gasteiger partial charge in [0.2, 0.25) is 0 Å². The first kappa shape index (κ1) is 28.8. The first-order valence-electron chi connectivity index (χ1n) is 10.6. The Balaban J connectivity index is 1.75. The van der Waals surface area contributed by atoms with Gasteiger partial charge in [-0.15, -0.1) is 0 Å². The van der Waals surface area contributed by atoms with E-state index >= 15 is 0 Å². The van der Waals surface area contributed by atoms with Gasteiger partial charge in [-0.3, -0.25) is 0 Å². The molecule has 4 aromatic rings. The summed E-state index contributed by atoms with van der Waals surface area (Å²) in [5, 5.41) is 0. The maximum absolute atomic E-state index is 13.3. The zero-order valence-corrected chi connectivity index (χ0v) is 28.7. The predicted octanol–water partition coefficient (Wildman–Crippen LogP) is 0.792. The summed E-state index contributed by atoms with van der Waals surface area (Å²) >= 11 is -19.3. The third kappa shape index (κ3) is 8.39. The second-order valence-corrected chi connectivity index (χ2v) is 29.1. The van der Waals surface area contributed by atoms with E-state index in [0.717, 1.165) is 0 Å². The topological polar surface area (TPSA) is 105 Å². The van der Waals surface area contributed by atoms with Gasteiger partial charge in [-0.05, 0) is 0 Å².